The molecule has 0 aliphatic carbocycles. The summed E-state index contributed by atoms with van der Waals surface area (Å²) in [6.07, 6.45) is 1.87. The number of carbonyl (C=O) groups is 1. The number of benzene rings is 1. The smallest absolute Gasteiger partial charge is 0.223 e. The van der Waals surface area contributed by atoms with Gasteiger partial charge in [0.25, 0.3) is 0 Å². The first kappa shape index (κ1) is 18.4. The molecule has 7 heteroatoms. The molecule has 1 aromatic heterocycles. The van der Waals surface area contributed by atoms with Crippen molar-refractivity contribution in [2.75, 3.05) is 18.6 Å². The average Bonchev–Trinajstić information content (AvgIpc) is 3.12. The number of carbonyl (C=O) groups excluding carboxylic acids is 1. The lowest BCUT2D eigenvalue weighted by atomic mass is 10.1. The van der Waals surface area contributed by atoms with E-state index < -0.39 is 11.4 Å². The van der Waals surface area contributed by atoms with E-state index >= 15 is 0 Å². The van der Waals surface area contributed by atoms with Crippen LogP contribution in [0.3, 0.4) is 0 Å². The van der Waals surface area contributed by atoms with Gasteiger partial charge >= 0.3 is 0 Å². The molecule has 134 valence electrons. The zero-order valence-electron chi connectivity index (χ0n) is 15.0. The second kappa shape index (κ2) is 6.72. The van der Waals surface area contributed by atoms with Crippen LogP contribution in [0.1, 0.15) is 32.6 Å². The van der Waals surface area contributed by atoms with Crippen LogP contribution in [-0.4, -0.2) is 30.3 Å². The van der Waals surface area contributed by atoms with Crippen molar-refractivity contribution < 1.29 is 14.3 Å². The minimum absolute atomic E-state index is 0.0138. The van der Waals surface area contributed by atoms with Gasteiger partial charge in [0.15, 0.2) is 10.1 Å². The predicted molar refractivity (Wildman–Crippen MR) is 100 cm³/mol. The van der Waals surface area contributed by atoms with E-state index in [1.54, 1.807) is 42.0 Å². The maximum absolute atomic E-state index is 11.4. The lowest BCUT2D eigenvalue weighted by Crippen LogP contribution is -2.27. The summed E-state index contributed by atoms with van der Waals surface area (Å²) >= 11 is 3.22. The van der Waals surface area contributed by atoms with Gasteiger partial charge in [-0.05, 0) is 45.0 Å². The van der Waals surface area contributed by atoms with E-state index in [9.17, 15) is 4.79 Å². The molecule has 0 saturated carbocycles. The van der Waals surface area contributed by atoms with E-state index in [1.165, 1.54) is 0 Å². The summed E-state index contributed by atoms with van der Waals surface area (Å²) in [5.41, 5.74) is 0.427. The molecule has 3 rings (SSSR count). The van der Waals surface area contributed by atoms with Crippen molar-refractivity contribution in [3.8, 4) is 0 Å². The first-order chi connectivity index (χ1) is 11.7. The molecule has 0 spiro atoms. The van der Waals surface area contributed by atoms with Gasteiger partial charge in [0.2, 0.25) is 5.91 Å². The molecule has 0 bridgehead atoms. The van der Waals surface area contributed by atoms with Crippen LogP contribution < -0.4 is 4.90 Å². The molecule has 0 N–H and O–H groups in total. The topological polar surface area (TPSA) is 51.7 Å². The molecule has 1 atom stereocenters. The number of amides is 1. The van der Waals surface area contributed by atoms with E-state index in [-0.39, 0.29) is 5.91 Å². The Morgan fingerprint density at radius 2 is 1.96 bits per heavy atom. The number of hydrogen-bond acceptors (Lipinski definition) is 6. The van der Waals surface area contributed by atoms with Gasteiger partial charge < -0.3 is 14.4 Å². The highest BCUT2D eigenvalue weighted by Gasteiger charge is 2.44. The van der Waals surface area contributed by atoms with Crippen molar-refractivity contribution in [3.05, 3.63) is 35.3 Å². The van der Waals surface area contributed by atoms with Crippen LogP contribution in [0.25, 0.3) is 0 Å². The fourth-order valence-corrected chi connectivity index (χ4v) is 4.62. The summed E-state index contributed by atoms with van der Waals surface area (Å²) in [6.45, 7) is 7.97. The average molecular weight is 379 g/mol. The highest BCUT2D eigenvalue weighted by atomic mass is 32.2. The van der Waals surface area contributed by atoms with Crippen LogP contribution in [-0.2, 0) is 19.9 Å². The monoisotopic (exact) mass is 378 g/mol. The van der Waals surface area contributed by atoms with Crippen molar-refractivity contribution in [2.24, 2.45) is 0 Å². The number of rotatable bonds is 4. The van der Waals surface area contributed by atoms with Gasteiger partial charge in [-0.15, -0.1) is 11.3 Å². The predicted octanol–water partition coefficient (Wildman–Crippen LogP) is 4.28. The normalized spacial score (nSPS) is 22.1. The molecule has 1 aliphatic heterocycles. The van der Waals surface area contributed by atoms with Gasteiger partial charge in [0.05, 0.1) is 11.5 Å². The number of hydrogen-bond donors (Lipinski definition) is 0. The van der Waals surface area contributed by atoms with E-state index in [0.29, 0.717) is 6.61 Å². The Morgan fingerprint density at radius 3 is 2.52 bits per heavy atom. The number of aromatic nitrogens is 1. The van der Waals surface area contributed by atoms with Crippen LogP contribution in [0, 0.1) is 0 Å². The summed E-state index contributed by atoms with van der Waals surface area (Å²) < 4.78 is 12.7. The number of anilines is 1. The Bertz CT molecular complexity index is 773. The highest BCUT2D eigenvalue weighted by molar-refractivity contribution is 8.01. The lowest BCUT2D eigenvalue weighted by Gasteiger charge is -2.23. The molecule has 0 unspecified atom stereocenters. The number of nitrogens with zero attached hydrogens (tertiary/aromatic N) is 2. The molecule has 1 aromatic carbocycles. The Labute approximate surface area is 156 Å². The molecule has 1 saturated heterocycles. The molecule has 0 radical (unpaired) electrons. The summed E-state index contributed by atoms with van der Waals surface area (Å²) in [5, 5.41) is 0. The third kappa shape index (κ3) is 4.06. The standard InChI is InChI=1S/C18H22N2O3S2/c1-12(21)20(5)13-6-8-14(9-7-13)24-16-19-10-15(25-16)18(4)11-22-17(2,3)23-18/h6-10H,11H2,1-5H3/t18-/m1/s1. The molecule has 2 aromatic rings. The van der Waals surface area contributed by atoms with Crippen LogP contribution >= 0.6 is 23.1 Å². The second-order valence-corrected chi connectivity index (χ2v) is 9.04. The quantitative estimate of drug-likeness (QED) is 0.795. The first-order valence-electron chi connectivity index (χ1n) is 8.01. The minimum Gasteiger partial charge on any atom is -0.347 e. The Balaban J connectivity index is 1.71. The van der Waals surface area contributed by atoms with Crippen molar-refractivity contribution in [1.82, 2.24) is 4.98 Å². The summed E-state index contributed by atoms with van der Waals surface area (Å²) in [5.74, 6) is -0.551. The second-order valence-electron chi connectivity index (χ2n) is 6.69. The molecule has 1 aliphatic rings. The molecular formula is C18H22N2O3S2. The van der Waals surface area contributed by atoms with Crippen molar-refractivity contribution in [1.29, 1.82) is 0 Å². The Kier molecular flexibility index (Phi) is 4.94. The summed E-state index contributed by atoms with van der Waals surface area (Å²) in [4.78, 5) is 19.7. The first-order valence-corrected chi connectivity index (χ1v) is 9.64. The van der Waals surface area contributed by atoms with Gasteiger partial charge in [-0.3, -0.25) is 4.79 Å². The molecule has 25 heavy (non-hydrogen) atoms. The third-order valence-electron chi connectivity index (χ3n) is 4.07. The summed E-state index contributed by atoms with van der Waals surface area (Å²) in [7, 11) is 1.77. The van der Waals surface area contributed by atoms with Crippen molar-refractivity contribution in [2.45, 2.75) is 48.3 Å². The molecule has 5 nitrogen and oxygen atoms in total. The van der Waals surface area contributed by atoms with E-state index in [0.717, 1.165) is 19.8 Å². The van der Waals surface area contributed by atoms with E-state index in [4.69, 9.17) is 9.47 Å². The van der Waals surface area contributed by atoms with E-state index in [1.807, 2.05) is 51.2 Å². The fourth-order valence-electron chi connectivity index (χ4n) is 2.60. The lowest BCUT2D eigenvalue weighted by molar-refractivity contribution is -0.158. The highest BCUT2D eigenvalue weighted by Crippen LogP contribution is 2.42. The largest absolute Gasteiger partial charge is 0.347 e. The number of thiazole rings is 1. The molecular weight excluding hydrogens is 356 g/mol. The zero-order valence-corrected chi connectivity index (χ0v) is 16.7. The van der Waals surface area contributed by atoms with E-state index in [2.05, 4.69) is 4.98 Å². The van der Waals surface area contributed by atoms with Crippen molar-refractivity contribution >= 4 is 34.7 Å². The maximum atomic E-state index is 11.4. The summed E-state index contributed by atoms with van der Waals surface area (Å²) in [6, 6.07) is 7.88. The van der Waals surface area contributed by atoms with Crippen LogP contribution in [0.5, 0.6) is 0 Å². The Morgan fingerprint density at radius 1 is 1.28 bits per heavy atom. The van der Waals surface area contributed by atoms with Gasteiger partial charge in [-0.25, -0.2) is 4.98 Å². The van der Waals surface area contributed by atoms with Crippen LogP contribution in [0.4, 0.5) is 5.69 Å². The zero-order chi connectivity index (χ0) is 18.2. The molecule has 2 heterocycles. The third-order valence-corrected chi connectivity index (χ3v) is 6.40. The number of ether oxygens (including phenoxy) is 2. The fraction of sp³-hybridized carbons (Fsp3) is 0.444. The Hall–Kier alpha value is -1.41. The maximum Gasteiger partial charge on any atom is 0.223 e. The van der Waals surface area contributed by atoms with Gasteiger partial charge in [-0.2, -0.15) is 0 Å². The SMILES string of the molecule is CC(=O)N(C)c1ccc(Sc2ncc([C@@]3(C)COC(C)(C)O3)s2)cc1. The van der Waals surface area contributed by atoms with Gasteiger partial charge in [0, 0.05) is 30.8 Å². The minimum atomic E-state index is -0.565. The molecule has 1 fully saturated rings. The van der Waals surface area contributed by atoms with Gasteiger partial charge in [0.1, 0.15) is 5.60 Å². The van der Waals surface area contributed by atoms with Crippen LogP contribution in [0.15, 0.2) is 39.7 Å². The van der Waals surface area contributed by atoms with Gasteiger partial charge in [-0.1, -0.05) is 11.8 Å². The van der Waals surface area contributed by atoms with Crippen LogP contribution in [0.2, 0.25) is 0 Å². The van der Waals surface area contributed by atoms with Crippen molar-refractivity contribution in [3.63, 3.8) is 0 Å². The molecule has 1 amide bonds.